The van der Waals surface area contributed by atoms with Gasteiger partial charge in [0.2, 0.25) is 5.78 Å². The Morgan fingerprint density at radius 3 is 1.79 bits per heavy atom. The first-order chi connectivity index (χ1) is 26.3. The van der Waals surface area contributed by atoms with Crippen LogP contribution in [0.1, 0.15) is 17.2 Å². The third-order valence-electron chi connectivity index (χ3n) is 11.4. The van der Waals surface area contributed by atoms with E-state index in [0.717, 1.165) is 50.1 Å². The third-order valence-corrected chi connectivity index (χ3v) is 11.4. The topological polar surface area (TPSA) is 35.1 Å². The van der Waals surface area contributed by atoms with Crippen LogP contribution in [0.25, 0.3) is 95.0 Å². The molecule has 0 aliphatic heterocycles. The van der Waals surface area contributed by atoms with Crippen LogP contribution in [0.2, 0.25) is 0 Å². The molecule has 1 unspecified atom stereocenters. The lowest BCUT2D eigenvalue weighted by Gasteiger charge is -2.24. The second kappa shape index (κ2) is 10.7. The summed E-state index contributed by atoms with van der Waals surface area (Å²) in [5.41, 5.74) is 18.7. The number of allylic oxidation sites excluding steroid dienone is 2. The lowest BCUT2D eigenvalue weighted by Crippen LogP contribution is -2.14. The predicted octanol–water partition coefficient (Wildman–Crippen LogP) is 11.2. The first-order valence-electron chi connectivity index (χ1n) is 18.2. The van der Waals surface area contributed by atoms with Crippen molar-refractivity contribution in [2.75, 3.05) is 0 Å². The summed E-state index contributed by atoms with van der Waals surface area (Å²) < 4.78 is 4.57. The summed E-state index contributed by atoms with van der Waals surface area (Å²) in [6, 6.07) is 57.0. The second-order valence-corrected chi connectivity index (χ2v) is 14.1. The van der Waals surface area contributed by atoms with Gasteiger partial charge in [-0.1, -0.05) is 133 Å². The number of aromatic nitrogens is 4. The van der Waals surface area contributed by atoms with Crippen LogP contribution >= 0.6 is 0 Å². The van der Waals surface area contributed by atoms with E-state index in [0.29, 0.717) is 0 Å². The monoisotopic (exact) mass is 674 g/mol. The van der Waals surface area contributed by atoms with E-state index < -0.39 is 0 Å². The average molecular weight is 675 g/mol. The molecule has 1 atom stereocenters. The molecule has 53 heavy (non-hydrogen) atoms. The van der Waals surface area contributed by atoms with Gasteiger partial charge < -0.3 is 0 Å². The van der Waals surface area contributed by atoms with Gasteiger partial charge in [0.25, 0.3) is 0 Å². The summed E-state index contributed by atoms with van der Waals surface area (Å²) >= 11 is 0. The van der Waals surface area contributed by atoms with E-state index >= 15 is 0 Å². The molecule has 3 heterocycles. The summed E-state index contributed by atoms with van der Waals surface area (Å²) in [5, 5.41) is 2.34. The maximum atomic E-state index is 5.59. The molecule has 3 aromatic heterocycles. The van der Waals surface area contributed by atoms with Crippen molar-refractivity contribution in [1.82, 2.24) is 18.9 Å². The molecule has 7 aromatic carbocycles. The zero-order chi connectivity index (χ0) is 34.6. The molecule has 4 nitrogen and oxygen atoms in total. The zero-order valence-electron chi connectivity index (χ0n) is 28.6. The Labute approximate surface area is 305 Å². The number of hydrogen-bond acceptors (Lipinski definition) is 2. The minimum Gasteiger partial charge on any atom is -0.276 e. The van der Waals surface area contributed by atoms with Gasteiger partial charge in [0.15, 0.2) is 0 Å². The van der Waals surface area contributed by atoms with Crippen molar-refractivity contribution in [2.45, 2.75) is 5.92 Å². The van der Waals surface area contributed by atoms with Crippen molar-refractivity contribution in [2.24, 2.45) is 0 Å². The van der Waals surface area contributed by atoms with Crippen molar-refractivity contribution < 1.29 is 0 Å². The van der Waals surface area contributed by atoms with E-state index in [2.05, 4.69) is 185 Å². The Balaban J connectivity index is 1.10. The van der Waals surface area contributed by atoms with Crippen molar-refractivity contribution in [1.29, 1.82) is 0 Å². The fourth-order valence-corrected chi connectivity index (χ4v) is 9.05. The van der Waals surface area contributed by atoms with Crippen LogP contribution < -0.4 is 5.22 Å². The fraction of sp³-hybridized carbons (Fsp3) is 0.0204. The molecule has 0 saturated heterocycles. The minimum atomic E-state index is -0.00654. The molecule has 0 amide bonds. The molecule has 246 valence electrons. The van der Waals surface area contributed by atoms with Crippen LogP contribution in [0, 0.1) is 0 Å². The number of benzene rings is 7. The van der Waals surface area contributed by atoms with Gasteiger partial charge in [-0.15, -0.1) is 0 Å². The summed E-state index contributed by atoms with van der Waals surface area (Å²) in [6.45, 7) is 0. The SMILES string of the molecule is C1=CC(c2ccc3c(c2)-c2ccccc2-c2ccccc2-c2ccccc2-3)c2nc3c(ccc4c3n(-c3ccccc3)c3nc5ccccc5n43)c2=C1. The molecule has 0 bridgehead atoms. The number of para-hydroxylation sites is 3. The molecule has 2 aliphatic carbocycles. The summed E-state index contributed by atoms with van der Waals surface area (Å²) in [5.74, 6) is 0.884. The average Bonchev–Trinajstić information content (AvgIpc) is 3.89. The summed E-state index contributed by atoms with van der Waals surface area (Å²) in [6.07, 6.45) is 6.76. The molecule has 0 spiro atoms. The van der Waals surface area contributed by atoms with E-state index in [9.17, 15) is 0 Å². The Hall–Kier alpha value is -7.04. The molecular formula is C49H30N4. The highest BCUT2D eigenvalue weighted by molar-refractivity contribution is 6.08. The highest BCUT2D eigenvalue weighted by Crippen LogP contribution is 2.48. The number of hydrogen-bond donors (Lipinski definition) is 0. The Morgan fingerprint density at radius 2 is 1.09 bits per heavy atom. The lowest BCUT2D eigenvalue weighted by atomic mass is 9.79. The molecule has 0 radical (unpaired) electrons. The van der Waals surface area contributed by atoms with Crippen LogP contribution in [0.4, 0.5) is 0 Å². The summed E-state index contributed by atoms with van der Waals surface area (Å²) in [7, 11) is 0. The van der Waals surface area contributed by atoms with Crippen LogP contribution in [0.5, 0.6) is 0 Å². The van der Waals surface area contributed by atoms with Crippen LogP contribution in [-0.4, -0.2) is 18.9 Å². The Morgan fingerprint density at radius 1 is 0.491 bits per heavy atom. The minimum absolute atomic E-state index is 0.00654. The van der Waals surface area contributed by atoms with E-state index in [1.54, 1.807) is 0 Å². The molecule has 0 N–H and O–H groups in total. The van der Waals surface area contributed by atoms with Gasteiger partial charge in [-0.2, -0.15) is 0 Å². The maximum absolute atomic E-state index is 5.59. The first-order valence-corrected chi connectivity index (χ1v) is 18.2. The fourth-order valence-electron chi connectivity index (χ4n) is 9.05. The smallest absolute Gasteiger partial charge is 0.220 e. The van der Waals surface area contributed by atoms with Crippen molar-refractivity contribution in [3.05, 3.63) is 186 Å². The van der Waals surface area contributed by atoms with Gasteiger partial charge in [-0.05, 0) is 92.5 Å². The molecule has 2 aliphatic rings. The quantitative estimate of drug-likeness (QED) is 0.183. The normalized spacial score (nSPS) is 14.3. The van der Waals surface area contributed by atoms with Crippen molar-refractivity contribution in [3.8, 4) is 50.2 Å². The number of rotatable bonds is 2. The molecule has 12 rings (SSSR count). The molecule has 0 saturated carbocycles. The molecule has 10 aromatic rings. The van der Waals surface area contributed by atoms with Crippen molar-refractivity contribution in [3.63, 3.8) is 0 Å². The summed E-state index contributed by atoms with van der Waals surface area (Å²) in [4.78, 5) is 10.8. The van der Waals surface area contributed by atoms with E-state index in [-0.39, 0.29) is 5.92 Å². The number of imidazole rings is 2. The van der Waals surface area contributed by atoms with Gasteiger partial charge in [0.1, 0.15) is 0 Å². The standard InChI is InChI=1S/C49H30N4/c1-2-13-31(14-3-1)52-48-45(53-44-24-11-10-23-43(44)50-49(52)53)28-27-41-40-22-12-21-32(46(40)51-47(41)48)30-25-26-39-37-19-7-6-17-35(37)33-15-4-5-16-34(33)36-18-8-9-20-38(36)42(39)29-30/h1-29,32H. The molecule has 4 heteroatoms. The largest absolute Gasteiger partial charge is 0.276 e. The van der Waals surface area contributed by atoms with Gasteiger partial charge in [-0.25, -0.2) is 9.97 Å². The Kier molecular flexibility index (Phi) is 5.80. The van der Waals surface area contributed by atoms with Gasteiger partial charge in [-0.3, -0.25) is 8.97 Å². The maximum Gasteiger partial charge on any atom is 0.220 e. The van der Waals surface area contributed by atoms with Gasteiger partial charge in [0.05, 0.1) is 33.3 Å². The highest BCUT2D eigenvalue weighted by atomic mass is 15.2. The Bertz CT molecular complexity index is 3230. The van der Waals surface area contributed by atoms with Gasteiger partial charge in [0, 0.05) is 22.2 Å². The lowest BCUT2D eigenvalue weighted by molar-refractivity contribution is 0.964. The number of nitrogens with zero attached hydrogens (tertiary/aromatic N) is 4. The van der Waals surface area contributed by atoms with Crippen LogP contribution in [0.15, 0.2) is 170 Å². The van der Waals surface area contributed by atoms with Crippen LogP contribution in [-0.2, 0) is 0 Å². The number of fused-ring (bicyclic) bond motifs is 17. The third kappa shape index (κ3) is 3.95. The molecular weight excluding hydrogens is 645 g/mol. The zero-order valence-corrected chi connectivity index (χ0v) is 28.6. The van der Waals surface area contributed by atoms with Gasteiger partial charge >= 0.3 is 0 Å². The molecule has 0 fully saturated rings. The second-order valence-electron chi connectivity index (χ2n) is 14.1. The van der Waals surface area contributed by atoms with E-state index in [4.69, 9.17) is 9.97 Å². The van der Waals surface area contributed by atoms with Crippen LogP contribution in [0.3, 0.4) is 0 Å². The highest BCUT2D eigenvalue weighted by Gasteiger charge is 2.27. The first kappa shape index (κ1) is 28.6. The van der Waals surface area contributed by atoms with E-state index in [1.807, 2.05) is 0 Å². The van der Waals surface area contributed by atoms with Crippen molar-refractivity contribution >= 4 is 44.8 Å². The van der Waals surface area contributed by atoms with E-state index in [1.165, 1.54) is 55.3 Å². The predicted molar refractivity (Wildman–Crippen MR) is 217 cm³/mol.